The molecule has 186 valence electrons. The van der Waals surface area contributed by atoms with Crippen LogP contribution in [0.1, 0.15) is 44.3 Å². The van der Waals surface area contributed by atoms with Crippen molar-refractivity contribution in [1.29, 1.82) is 0 Å². The SMILES string of the molecule is CC(=O)c1ccc2c(c1)C(=O)N(Cc1ccc(Cl)cc1)C2(OCC1(CO)COC1)c1ccc(Cl)cc1. The van der Waals surface area contributed by atoms with E-state index in [0.29, 0.717) is 45.5 Å². The number of ether oxygens (including phenoxy) is 2. The zero-order valence-electron chi connectivity index (χ0n) is 19.7. The van der Waals surface area contributed by atoms with Crippen molar-refractivity contribution in [3.8, 4) is 0 Å². The van der Waals surface area contributed by atoms with Crippen LogP contribution in [0.4, 0.5) is 0 Å². The summed E-state index contributed by atoms with van der Waals surface area (Å²) in [4.78, 5) is 27.8. The average molecular weight is 526 g/mol. The quantitative estimate of drug-likeness (QED) is 0.415. The molecule has 0 bridgehead atoms. The zero-order chi connectivity index (χ0) is 25.5. The third-order valence-electron chi connectivity index (χ3n) is 6.88. The number of rotatable bonds is 8. The number of fused-ring (bicyclic) bond motifs is 1. The molecule has 1 fully saturated rings. The lowest BCUT2D eigenvalue weighted by molar-refractivity contribution is -0.210. The maximum Gasteiger partial charge on any atom is 0.257 e. The fourth-order valence-electron chi connectivity index (χ4n) is 4.72. The van der Waals surface area contributed by atoms with Gasteiger partial charge in [0.05, 0.1) is 31.8 Å². The minimum Gasteiger partial charge on any atom is -0.396 e. The number of halogens is 2. The first-order chi connectivity index (χ1) is 17.3. The number of amides is 1. The van der Waals surface area contributed by atoms with E-state index >= 15 is 0 Å². The number of hydrogen-bond acceptors (Lipinski definition) is 5. The van der Waals surface area contributed by atoms with Gasteiger partial charge in [-0.05, 0) is 42.8 Å². The number of hydrogen-bond donors (Lipinski definition) is 1. The number of carbonyl (C=O) groups is 2. The molecular weight excluding hydrogens is 501 g/mol. The summed E-state index contributed by atoms with van der Waals surface area (Å²) in [6.07, 6.45) is 0. The molecule has 6 nitrogen and oxygen atoms in total. The third-order valence-corrected chi connectivity index (χ3v) is 7.38. The number of nitrogens with zero attached hydrogens (tertiary/aromatic N) is 1. The number of aliphatic hydroxyl groups excluding tert-OH is 1. The van der Waals surface area contributed by atoms with E-state index in [1.807, 2.05) is 24.3 Å². The molecule has 0 aliphatic carbocycles. The summed E-state index contributed by atoms with van der Waals surface area (Å²) in [5.41, 5.74) is 1.16. The van der Waals surface area contributed by atoms with E-state index in [1.54, 1.807) is 47.4 Å². The van der Waals surface area contributed by atoms with Crippen LogP contribution in [0, 0.1) is 5.41 Å². The van der Waals surface area contributed by atoms with Crippen molar-refractivity contribution in [2.24, 2.45) is 5.41 Å². The minimum atomic E-state index is -1.32. The Morgan fingerprint density at radius 3 is 2.22 bits per heavy atom. The van der Waals surface area contributed by atoms with E-state index < -0.39 is 11.1 Å². The van der Waals surface area contributed by atoms with Crippen LogP contribution in [0.15, 0.2) is 66.7 Å². The van der Waals surface area contributed by atoms with Gasteiger partial charge >= 0.3 is 0 Å². The second-order valence-corrected chi connectivity index (χ2v) is 10.3. The van der Waals surface area contributed by atoms with Crippen molar-refractivity contribution in [2.45, 2.75) is 19.2 Å². The van der Waals surface area contributed by atoms with Gasteiger partial charge in [0.25, 0.3) is 5.91 Å². The fraction of sp³-hybridized carbons (Fsp3) is 0.286. The highest BCUT2D eigenvalue weighted by atomic mass is 35.5. The second-order valence-electron chi connectivity index (χ2n) is 9.42. The summed E-state index contributed by atoms with van der Waals surface area (Å²) in [6.45, 7) is 2.47. The van der Waals surface area contributed by atoms with Gasteiger partial charge in [-0.3, -0.25) is 14.5 Å². The molecule has 2 aliphatic heterocycles. The van der Waals surface area contributed by atoms with Gasteiger partial charge in [-0.25, -0.2) is 0 Å². The maximum absolute atomic E-state index is 14.0. The first kappa shape index (κ1) is 24.9. The molecule has 1 amide bonds. The van der Waals surface area contributed by atoms with Gasteiger partial charge in [-0.2, -0.15) is 0 Å². The molecule has 1 atom stereocenters. The highest BCUT2D eigenvalue weighted by Gasteiger charge is 2.54. The molecule has 0 spiro atoms. The summed E-state index contributed by atoms with van der Waals surface area (Å²) < 4.78 is 12.1. The van der Waals surface area contributed by atoms with E-state index in [9.17, 15) is 14.7 Å². The van der Waals surface area contributed by atoms with Crippen LogP contribution < -0.4 is 0 Å². The van der Waals surface area contributed by atoms with Gasteiger partial charge in [0, 0.05) is 38.8 Å². The van der Waals surface area contributed by atoms with Crippen LogP contribution in [-0.4, -0.2) is 48.1 Å². The number of Topliss-reactive ketones (excluding diaryl/α,β-unsaturated/α-hetero) is 1. The molecule has 2 aliphatic rings. The smallest absolute Gasteiger partial charge is 0.257 e. The minimum absolute atomic E-state index is 0.106. The van der Waals surface area contributed by atoms with Crippen molar-refractivity contribution in [3.63, 3.8) is 0 Å². The second kappa shape index (κ2) is 9.61. The Bertz CT molecular complexity index is 1300. The molecule has 3 aromatic carbocycles. The van der Waals surface area contributed by atoms with Crippen molar-refractivity contribution in [3.05, 3.63) is 105 Å². The number of aliphatic hydroxyl groups is 1. The van der Waals surface area contributed by atoms with Gasteiger partial charge in [0.1, 0.15) is 0 Å². The van der Waals surface area contributed by atoms with Crippen molar-refractivity contribution < 1.29 is 24.2 Å². The number of carbonyl (C=O) groups excluding carboxylic acids is 2. The first-order valence-corrected chi connectivity index (χ1v) is 12.3. The van der Waals surface area contributed by atoms with Crippen LogP contribution in [0.3, 0.4) is 0 Å². The Morgan fingerprint density at radius 1 is 1.03 bits per heavy atom. The van der Waals surface area contributed by atoms with Gasteiger partial charge in [-0.15, -0.1) is 0 Å². The molecule has 0 radical (unpaired) electrons. The molecule has 1 unspecified atom stereocenters. The van der Waals surface area contributed by atoms with Gasteiger partial charge in [0.2, 0.25) is 0 Å². The first-order valence-electron chi connectivity index (χ1n) is 11.6. The average Bonchev–Trinajstić information content (AvgIpc) is 3.08. The lowest BCUT2D eigenvalue weighted by Crippen LogP contribution is -2.54. The monoisotopic (exact) mass is 525 g/mol. The van der Waals surface area contributed by atoms with E-state index in [1.165, 1.54) is 6.92 Å². The Balaban J connectivity index is 1.69. The maximum atomic E-state index is 14.0. The molecule has 8 heteroatoms. The van der Waals surface area contributed by atoms with Crippen LogP contribution >= 0.6 is 23.2 Å². The van der Waals surface area contributed by atoms with Crippen molar-refractivity contribution >= 4 is 34.9 Å². The molecule has 1 saturated heterocycles. The lowest BCUT2D eigenvalue weighted by atomic mass is 9.87. The largest absolute Gasteiger partial charge is 0.396 e. The van der Waals surface area contributed by atoms with E-state index in [2.05, 4.69) is 0 Å². The van der Waals surface area contributed by atoms with Gasteiger partial charge in [-0.1, -0.05) is 59.6 Å². The molecule has 2 heterocycles. The van der Waals surface area contributed by atoms with Crippen molar-refractivity contribution in [2.75, 3.05) is 26.4 Å². The standard InChI is InChI=1S/C28H25Cl2NO5/c1-18(33)20-4-11-25-24(12-20)26(34)31(13-19-2-7-22(29)8-3-19)28(25,21-5-9-23(30)10-6-21)36-17-27(14-32)15-35-16-27/h2-12,32H,13-17H2,1H3. The predicted octanol–water partition coefficient (Wildman–Crippen LogP) is 5.08. The highest BCUT2D eigenvalue weighted by molar-refractivity contribution is 6.30. The summed E-state index contributed by atoms with van der Waals surface area (Å²) in [7, 11) is 0. The molecule has 0 aromatic heterocycles. The van der Waals surface area contributed by atoms with Crippen LogP contribution in [-0.2, 0) is 21.7 Å². The topological polar surface area (TPSA) is 76.1 Å². The van der Waals surface area contributed by atoms with Crippen LogP contribution in [0.5, 0.6) is 0 Å². The van der Waals surface area contributed by atoms with E-state index in [4.69, 9.17) is 32.7 Å². The summed E-state index contributed by atoms with van der Waals surface area (Å²) in [5, 5.41) is 11.2. The third kappa shape index (κ3) is 4.23. The fourth-order valence-corrected chi connectivity index (χ4v) is 4.97. The molecule has 3 aromatic rings. The van der Waals surface area contributed by atoms with Gasteiger partial charge < -0.3 is 14.6 Å². The predicted molar refractivity (Wildman–Crippen MR) is 136 cm³/mol. The normalized spacial score (nSPS) is 20.2. The van der Waals surface area contributed by atoms with Gasteiger partial charge in [0.15, 0.2) is 11.5 Å². The summed E-state index contributed by atoms with van der Waals surface area (Å²) >= 11 is 12.3. The Labute approximate surface area is 219 Å². The number of ketones is 1. The highest BCUT2D eigenvalue weighted by Crippen LogP contribution is 2.48. The zero-order valence-corrected chi connectivity index (χ0v) is 21.2. The Morgan fingerprint density at radius 2 is 1.67 bits per heavy atom. The van der Waals surface area contributed by atoms with Crippen LogP contribution in [0.2, 0.25) is 10.0 Å². The summed E-state index contributed by atoms with van der Waals surface area (Å²) in [6, 6.07) is 19.6. The van der Waals surface area contributed by atoms with E-state index in [-0.39, 0.29) is 31.4 Å². The molecule has 5 rings (SSSR count). The molecule has 1 N–H and O–H groups in total. The molecular formula is C28H25Cl2NO5. The number of benzene rings is 3. The van der Waals surface area contributed by atoms with Crippen molar-refractivity contribution in [1.82, 2.24) is 4.90 Å². The van der Waals surface area contributed by atoms with Crippen LogP contribution in [0.25, 0.3) is 0 Å². The molecule has 0 saturated carbocycles. The summed E-state index contributed by atoms with van der Waals surface area (Å²) in [5.74, 6) is -0.397. The lowest BCUT2D eigenvalue weighted by Gasteiger charge is -2.45. The van der Waals surface area contributed by atoms with E-state index in [0.717, 1.165) is 5.56 Å². The Hall–Kier alpha value is -2.74. The molecule has 36 heavy (non-hydrogen) atoms. The Kier molecular flexibility index (Phi) is 6.66.